The van der Waals surface area contributed by atoms with Crippen LogP contribution in [0, 0.1) is 30.6 Å². The fourth-order valence-corrected chi connectivity index (χ4v) is 9.82. The zero-order chi connectivity index (χ0) is 37.3. The molecule has 2 aliphatic heterocycles. The summed E-state index contributed by atoms with van der Waals surface area (Å²) in [6.45, 7) is 1.80. The van der Waals surface area contributed by atoms with Crippen LogP contribution < -0.4 is 15.1 Å². The van der Waals surface area contributed by atoms with Gasteiger partial charge < -0.3 is 10.4 Å². The molecule has 5 aromatic rings. The largest absolute Gasteiger partial charge is 0.507 e. The number of allylic oxidation sites excluding steroid dienone is 2. The predicted molar refractivity (Wildman–Crippen MR) is 208 cm³/mol. The van der Waals surface area contributed by atoms with Gasteiger partial charge in [-0.05, 0) is 91.4 Å². The summed E-state index contributed by atoms with van der Waals surface area (Å²) in [5.41, 5.74) is 3.64. The number of para-hydroxylation sites is 2. The highest BCUT2D eigenvalue weighted by Gasteiger charge is 2.70. The molecule has 9 heteroatoms. The molecule has 5 aromatic carbocycles. The Bertz CT molecular complexity index is 2380. The van der Waals surface area contributed by atoms with Gasteiger partial charge in [0.25, 0.3) is 0 Å². The van der Waals surface area contributed by atoms with Crippen molar-refractivity contribution in [3.63, 3.8) is 0 Å². The maximum Gasteiger partial charge on any atom is 0.246 e. The van der Waals surface area contributed by atoms with E-state index in [1.807, 2.05) is 91.0 Å². The van der Waals surface area contributed by atoms with E-state index < -0.39 is 46.8 Å². The number of phenolic OH excluding ortho intramolecular Hbond substituents is 1. The molecule has 268 valence electrons. The molecule has 3 fully saturated rings. The second-order valence-electron chi connectivity index (χ2n) is 14.7. The lowest BCUT2D eigenvalue weighted by Crippen LogP contribution is -2.53. The van der Waals surface area contributed by atoms with E-state index in [0.717, 1.165) is 16.9 Å². The Morgan fingerprint density at radius 3 is 2.11 bits per heavy atom. The maximum atomic E-state index is 15.4. The minimum atomic E-state index is -1.46. The minimum Gasteiger partial charge on any atom is -0.507 e. The van der Waals surface area contributed by atoms with Crippen LogP contribution in [0.4, 0.5) is 22.7 Å². The van der Waals surface area contributed by atoms with Crippen LogP contribution in [0.1, 0.15) is 35.4 Å². The van der Waals surface area contributed by atoms with Crippen LogP contribution in [0.2, 0.25) is 5.02 Å². The number of nitrogens with one attached hydrogen (secondary N) is 1. The first-order valence-corrected chi connectivity index (χ1v) is 18.6. The van der Waals surface area contributed by atoms with Gasteiger partial charge in [0.15, 0.2) is 0 Å². The normalized spacial score (nSPS) is 26.0. The molecule has 0 aromatic heterocycles. The molecule has 1 saturated carbocycles. The number of nitrogens with zero attached hydrogens (tertiary/aromatic N) is 2. The number of fused-ring (bicyclic) bond motifs is 4. The Kier molecular flexibility index (Phi) is 8.05. The van der Waals surface area contributed by atoms with E-state index in [2.05, 4.69) is 5.32 Å². The van der Waals surface area contributed by atoms with Crippen molar-refractivity contribution in [3.8, 4) is 5.75 Å². The number of aryl methyl sites for hydroxylation is 1. The molecule has 2 aliphatic carbocycles. The molecule has 2 N–H and O–H groups in total. The number of carbonyl (C=O) groups is 4. The zero-order valence-corrected chi connectivity index (χ0v) is 30.1. The summed E-state index contributed by atoms with van der Waals surface area (Å²) in [5, 5.41) is 15.5. The molecule has 0 bridgehead atoms. The average molecular weight is 734 g/mol. The van der Waals surface area contributed by atoms with E-state index in [1.54, 1.807) is 49.4 Å². The lowest BCUT2D eigenvalue weighted by molar-refractivity contribution is -0.127. The van der Waals surface area contributed by atoms with E-state index >= 15 is 4.79 Å². The highest BCUT2D eigenvalue weighted by molar-refractivity contribution is 6.32. The van der Waals surface area contributed by atoms with Crippen molar-refractivity contribution in [1.82, 2.24) is 0 Å². The fraction of sp³-hybridized carbons (Fsp3) is 0.200. The summed E-state index contributed by atoms with van der Waals surface area (Å²) in [5.74, 6) is -5.08. The zero-order valence-electron chi connectivity index (χ0n) is 29.4. The summed E-state index contributed by atoms with van der Waals surface area (Å²) in [7, 11) is 0. The molecule has 0 radical (unpaired) electrons. The molecule has 6 atom stereocenters. The third-order valence-electron chi connectivity index (χ3n) is 11.9. The summed E-state index contributed by atoms with van der Waals surface area (Å²) in [4.78, 5) is 61.8. The number of phenols is 1. The topological polar surface area (TPSA) is 107 Å². The molecule has 4 amide bonds. The summed E-state index contributed by atoms with van der Waals surface area (Å²) < 4.78 is 0. The molecule has 9 rings (SSSR count). The molecule has 8 nitrogen and oxygen atoms in total. The van der Waals surface area contributed by atoms with Crippen molar-refractivity contribution >= 4 is 58.0 Å². The van der Waals surface area contributed by atoms with Crippen LogP contribution in [-0.2, 0) is 24.6 Å². The van der Waals surface area contributed by atoms with Crippen molar-refractivity contribution in [2.24, 2.45) is 23.7 Å². The number of hydrogen-bond donors (Lipinski definition) is 2. The molecule has 2 heterocycles. The van der Waals surface area contributed by atoms with E-state index in [0.29, 0.717) is 33.1 Å². The van der Waals surface area contributed by atoms with Gasteiger partial charge in [0.2, 0.25) is 23.6 Å². The third-order valence-corrected chi connectivity index (χ3v) is 12.2. The van der Waals surface area contributed by atoms with E-state index in [1.165, 1.54) is 9.80 Å². The molecular formula is C45H36ClN3O5. The van der Waals surface area contributed by atoms with Crippen LogP contribution in [0.25, 0.3) is 0 Å². The Balaban J connectivity index is 1.17. The number of anilines is 4. The van der Waals surface area contributed by atoms with Gasteiger partial charge in [-0.3, -0.25) is 24.1 Å². The van der Waals surface area contributed by atoms with Gasteiger partial charge in [-0.1, -0.05) is 96.0 Å². The first-order valence-electron chi connectivity index (χ1n) is 18.2. The lowest BCUT2D eigenvalue weighted by Gasteiger charge is -2.50. The quantitative estimate of drug-likeness (QED) is 0.134. The molecule has 4 aliphatic rings. The minimum absolute atomic E-state index is 0.0290. The highest BCUT2D eigenvalue weighted by Crippen LogP contribution is 2.65. The molecule has 0 spiro atoms. The lowest BCUT2D eigenvalue weighted by atomic mass is 9.49. The first-order chi connectivity index (χ1) is 26.2. The standard InChI is InChI=1S/C45H36ClN3O5/c1-26-10-8-17-35(40(26)50)39-33-22-23-34-38(43(53)48(41(34)51)31-20-18-30(19-21-31)47-29-14-6-3-7-15-29)36(33)25-37-42(52)49(32-16-9-13-28(46)24-32)44(54)45(37,39)27-11-4-2-5-12-27/h2-22,24,34,36-39,47,50H,23,25H2,1H3/t34-,36+,37-,38-,39+,45+/m0/s1. The SMILES string of the molecule is Cc1cccc([C@H]2C3=CC[C@@H]4C(=O)N(c5ccc(Nc6ccccc6)cc5)C(=O)[C@@H]4[C@@H]3C[C@H]3C(=O)N(c4cccc(Cl)c4)C(=O)[C@@]23c2ccccc2)c1O. The number of rotatable bonds is 6. The van der Waals surface area contributed by atoms with Crippen molar-refractivity contribution in [1.29, 1.82) is 0 Å². The molecular weight excluding hydrogens is 698 g/mol. The first kappa shape index (κ1) is 33.8. The third kappa shape index (κ3) is 4.97. The Hall–Kier alpha value is -5.99. The fourth-order valence-electron chi connectivity index (χ4n) is 9.64. The highest BCUT2D eigenvalue weighted by atomic mass is 35.5. The van der Waals surface area contributed by atoms with Crippen molar-refractivity contribution in [3.05, 3.63) is 161 Å². The summed E-state index contributed by atoms with van der Waals surface area (Å²) in [6.07, 6.45) is 2.45. The van der Waals surface area contributed by atoms with Gasteiger partial charge in [0.1, 0.15) is 5.75 Å². The van der Waals surface area contributed by atoms with E-state index in [9.17, 15) is 19.5 Å². The summed E-state index contributed by atoms with van der Waals surface area (Å²) >= 11 is 6.42. The van der Waals surface area contributed by atoms with Crippen LogP contribution in [-0.4, -0.2) is 28.7 Å². The predicted octanol–water partition coefficient (Wildman–Crippen LogP) is 8.46. The Labute approximate surface area is 317 Å². The Morgan fingerprint density at radius 1 is 0.704 bits per heavy atom. The van der Waals surface area contributed by atoms with Gasteiger partial charge in [0.05, 0.1) is 34.5 Å². The van der Waals surface area contributed by atoms with Crippen molar-refractivity contribution in [2.45, 2.75) is 31.1 Å². The van der Waals surface area contributed by atoms with Crippen LogP contribution in [0.5, 0.6) is 5.75 Å². The maximum absolute atomic E-state index is 15.4. The van der Waals surface area contributed by atoms with Gasteiger partial charge in [0, 0.05) is 27.9 Å². The number of benzene rings is 5. The van der Waals surface area contributed by atoms with E-state index in [4.69, 9.17) is 11.6 Å². The van der Waals surface area contributed by atoms with E-state index in [-0.39, 0.29) is 30.4 Å². The molecule has 0 unspecified atom stereocenters. The number of aromatic hydroxyl groups is 1. The van der Waals surface area contributed by atoms with Crippen molar-refractivity contribution in [2.75, 3.05) is 15.1 Å². The second kappa shape index (κ2) is 12.8. The average Bonchev–Trinajstić information content (AvgIpc) is 3.58. The van der Waals surface area contributed by atoms with Crippen LogP contribution in [0.3, 0.4) is 0 Å². The second-order valence-corrected chi connectivity index (χ2v) is 15.1. The van der Waals surface area contributed by atoms with Crippen LogP contribution in [0.15, 0.2) is 139 Å². The number of hydrogen-bond acceptors (Lipinski definition) is 6. The molecule has 2 saturated heterocycles. The number of imide groups is 2. The van der Waals surface area contributed by atoms with Crippen molar-refractivity contribution < 1.29 is 24.3 Å². The van der Waals surface area contributed by atoms with Gasteiger partial charge in [-0.2, -0.15) is 0 Å². The monoisotopic (exact) mass is 733 g/mol. The van der Waals surface area contributed by atoms with Gasteiger partial charge >= 0.3 is 0 Å². The number of carbonyl (C=O) groups excluding carboxylic acids is 4. The summed E-state index contributed by atoms with van der Waals surface area (Å²) in [6, 6.07) is 38.4. The smallest absolute Gasteiger partial charge is 0.246 e. The number of amides is 4. The Morgan fingerprint density at radius 2 is 1.39 bits per heavy atom. The molecule has 54 heavy (non-hydrogen) atoms. The number of halogens is 1. The van der Waals surface area contributed by atoms with Gasteiger partial charge in [-0.25, -0.2) is 4.90 Å². The van der Waals surface area contributed by atoms with Gasteiger partial charge in [-0.15, -0.1) is 0 Å². The van der Waals surface area contributed by atoms with Crippen LogP contribution >= 0.6 is 11.6 Å².